The second kappa shape index (κ2) is 3.18. The van der Waals surface area contributed by atoms with Crippen molar-refractivity contribution < 1.29 is 4.79 Å². The third-order valence-corrected chi connectivity index (χ3v) is 4.12. The van der Waals surface area contributed by atoms with Gasteiger partial charge in [0.25, 0.3) is 0 Å². The van der Waals surface area contributed by atoms with Crippen molar-refractivity contribution in [2.24, 2.45) is 5.92 Å². The zero-order chi connectivity index (χ0) is 11.2. The van der Waals surface area contributed by atoms with E-state index in [-0.39, 0.29) is 5.41 Å². The van der Waals surface area contributed by atoms with E-state index in [0.29, 0.717) is 18.1 Å². The molecule has 0 unspecified atom stereocenters. The Morgan fingerprint density at radius 3 is 3.06 bits per heavy atom. The molecule has 2 heteroatoms. The van der Waals surface area contributed by atoms with E-state index >= 15 is 0 Å². The summed E-state index contributed by atoms with van der Waals surface area (Å²) in [6, 6.07) is 10.1. The second-order valence-corrected chi connectivity index (χ2v) is 4.99. The van der Waals surface area contributed by atoms with Crippen LogP contribution in [0.1, 0.15) is 36.8 Å². The molecule has 16 heavy (non-hydrogen) atoms. The van der Waals surface area contributed by atoms with Crippen molar-refractivity contribution in [1.29, 1.82) is 5.26 Å². The highest BCUT2D eigenvalue weighted by molar-refractivity contribution is 5.81. The fraction of sp³-hybridized carbons (Fsp3) is 0.429. The molecule has 0 amide bonds. The molecule has 2 fully saturated rings. The Hall–Kier alpha value is -1.62. The van der Waals surface area contributed by atoms with Crippen molar-refractivity contribution >= 4 is 5.78 Å². The van der Waals surface area contributed by atoms with Gasteiger partial charge < -0.3 is 0 Å². The first-order valence-electron chi connectivity index (χ1n) is 5.77. The lowest BCUT2D eigenvalue weighted by molar-refractivity contribution is -0.120. The van der Waals surface area contributed by atoms with Crippen LogP contribution in [0.25, 0.3) is 0 Å². The number of nitrogens with zero attached hydrogens (tertiary/aromatic N) is 1. The number of benzene rings is 1. The Balaban J connectivity index is 1.94. The van der Waals surface area contributed by atoms with Crippen LogP contribution in [-0.2, 0) is 10.2 Å². The lowest BCUT2D eigenvalue weighted by atomic mass is 9.82. The molecule has 0 N–H and O–H groups in total. The molecule has 3 rings (SSSR count). The van der Waals surface area contributed by atoms with Crippen molar-refractivity contribution in [2.75, 3.05) is 0 Å². The Kier molecular flexibility index (Phi) is 1.91. The number of carbonyl (C=O) groups is 1. The minimum atomic E-state index is 0.237. The van der Waals surface area contributed by atoms with Crippen LogP contribution >= 0.6 is 0 Å². The van der Waals surface area contributed by atoms with Gasteiger partial charge in [-0.1, -0.05) is 12.1 Å². The highest BCUT2D eigenvalue weighted by Crippen LogP contribution is 2.61. The minimum Gasteiger partial charge on any atom is -0.300 e. The molecule has 0 radical (unpaired) electrons. The Labute approximate surface area is 94.9 Å². The van der Waals surface area contributed by atoms with Crippen LogP contribution in [0.15, 0.2) is 24.3 Å². The fourth-order valence-electron chi connectivity index (χ4n) is 3.09. The van der Waals surface area contributed by atoms with Crippen LogP contribution in [0, 0.1) is 17.2 Å². The van der Waals surface area contributed by atoms with E-state index in [1.807, 2.05) is 18.2 Å². The molecule has 0 saturated heterocycles. The van der Waals surface area contributed by atoms with Crippen molar-refractivity contribution in [1.82, 2.24) is 0 Å². The normalized spacial score (nSPS) is 31.7. The predicted molar refractivity (Wildman–Crippen MR) is 59.8 cm³/mol. The van der Waals surface area contributed by atoms with Crippen LogP contribution in [0.2, 0.25) is 0 Å². The van der Waals surface area contributed by atoms with Crippen LogP contribution in [-0.4, -0.2) is 5.78 Å². The molecular weight excluding hydrogens is 198 g/mol. The summed E-state index contributed by atoms with van der Waals surface area (Å²) in [6.45, 7) is 0. The quantitative estimate of drug-likeness (QED) is 0.716. The van der Waals surface area contributed by atoms with Crippen molar-refractivity contribution in [3.8, 4) is 6.07 Å². The molecule has 0 heterocycles. The first-order chi connectivity index (χ1) is 7.74. The van der Waals surface area contributed by atoms with E-state index in [1.165, 1.54) is 5.56 Å². The summed E-state index contributed by atoms with van der Waals surface area (Å²) < 4.78 is 0. The third kappa shape index (κ3) is 1.28. The Morgan fingerprint density at radius 1 is 1.44 bits per heavy atom. The van der Waals surface area contributed by atoms with E-state index in [2.05, 4.69) is 12.1 Å². The second-order valence-electron chi connectivity index (χ2n) is 4.99. The number of rotatable bonds is 1. The van der Waals surface area contributed by atoms with Gasteiger partial charge in [0.2, 0.25) is 0 Å². The highest BCUT2D eigenvalue weighted by atomic mass is 16.1. The highest BCUT2D eigenvalue weighted by Gasteiger charge is 2.57. The molecular formula is C14H13NO. The number of fused-ring (bicyclic) bond motifs is 1. The van der Waals surface area contributed by atoms with Gasteiger partial charge in [0, 0.05) is 12.8 Å². The van der Waals surface area contributed by atoms with E-state index in [9.17, 15) is 4.79 Å². The lowest BCUT2D eigenvalue weighted by Crippen LogP contribution is -2.19. The summed E-state index contributed by atoms with van der Waals surface area (Å²) in [4.78, 5) is 11.3. The number of Topliss-reactive ketones (excluding diaryl/α,β-unsaturated/α-hetero) is 1. The standard InChI is InChI=1S/C14H13NO/c15-9-10-2-1-3-11(6-10)14-5-4-13(16)7-12(14)8-14/h1-3,6,12H,4-5,7-8H2/t12-,14-/m1/s1. The zero-order valence-electron chi connectivity index (χ0n) is 9.07. The maximum absolute atomic E-state index is 11.3. The van der Waals surface area contributed by atoms with Crippen LogP contribution in [0.4, 0.5) is 0 Å². The van der Waals surface area contributed by atoms with Crippen molar-refractivity contribution in [3.63, 3.8) is 0 Å². The molecule has 2 saturated carbocycles. The molecule has 0 bridgehead atoms. The number of hydrogen-bond acceptors (Lipinski definition) is 2. The lowest BCUT2D eigenvalue weighted by Gasteiger charge is -2.21. The van der Waals surface area contributed by atoms with E-state index < -0.39 is 0 Å². The Bertz CT molecular complexity index is 500. The average molecular weight is 211 g/mol. The van der Waals surface area contributed by atoms with E-state index in [1.54, 1.807) is 0 Å². The van der Waals surface area contributed by atoms with Gasteiger partial charge in [-0.05, 0) is 41.9 Å². The maximum atomic E-state index is 11.3. The average Bonchev–Trinajstić information content (AvgIpc) is 3.04. The third-order valence-electron chi connectivity index (χ3n) is 4.12. The number of nitriles is 1. The van der Waals surface area contributed by atoms with Gasteiger partial charge in [0.15, 0.2) is 0 Å². The summed E-state index contributed by atoms with van der Waals surface area (Å²) >= 11 is 0. The summed E-state index contributed by atoms with van der Waals surface area (Å²) in [6.07, 6.45) is 3.57. The molecule has 2 atom stereocenters. The molecule has 2 aliphatic rings. The predicted octanol–water partition coefficient (Wildman–Crippen LogP) is 2.57. The molecule has 80 valence electrons. The smallest absolute Gasteiger partial charge is 0.133 e. The summed E-state index contributed by atoms with van der Waals surface area (Å²) in [7, 11) is 0. The monoisotopic (exact) mass is 211 g/mol. The van der Waals surface area contributed by atoms with Gasteiger partial charge in [-0.3, -0.25) is 4.79 Å². The molecule has 0 aromatic heterocycles. The molecule has 1 aromatic carbocycles. The van der Waals surface area contributed by atoms with Crippen molar-refractivity contribution in [2.45, 2.75) is 31.1 Å². The zero-order valence-corrected chi connectivity index (χ0v) is 9.07. The topological polar surface area (TPSA) is 40.9 Å². The molecule has 0 aliphatic heterocycles. The molecule has 2 aliphatic carbocycles. The molecule has 1 aromatic rings. The van der Waals surface area contributed by atoms with Gasteiger partial charge in [-0.25, -0.2) is 0 Å². The summed E-state index contributed by atoms with van der Waals surface area (Å²) in [5, 5.41) is 8.90. The van der Waals surface area contributed by atoms with Crippen LogP contribution in [0.3, 0.4) is 0 Å². The summed E-state index contributed by atoms with van der Waals surface area (Å²) in [5.41, 5.74) is 2.24. The maximum Gasteiger partial charge on any atom is 0.133 e. The van der Waals surface area contributed by atoms with Crippen molar-refractivity contribution in [3.05, 3.63) is 35.4 Å². The van der Waals surface area contributed by atoms with E-state index in [0.717, 1.165) is 24.8 Å². The fourth-order valence-corrected chi connectivity index (χ4v) is 3.09. The van der Waals surface area contributed by atoms with Gasteiger partial charge in [-0.2, -0.15) is 5.26 Å². The molecule has 2 nitrogen and oxygen atoms in total. The summed E-state index contributed by atoms with van der Waals surface area (Å²) in [5.74, 6) is 0.956. The largest absolute Gasteiger partial charge is 0.300 e. The number of carbonyl (C=O) groups excluding carboxylic acids is 1. The van der Waals surface area contributed by atoms with Gasteiger partial charge in [-0.15, -0.1) is 0 Å². The number of ketones is 1. The first-order valence-corrected chi connectivity index (χ1v) is 5.77. The molecule has 0 spiro atoms. The SMILES string of the molecule is N#Cc1cccc([C@]23CCC(=O)C[C@@H]2C3)c1. The van der Waals surface area contributed by atoms with Gasteiger partial charge >= 0.3 is 0 Å². The van der Waals surface area contributed by atoms with E-state index in [4.69, 9.17) is 5.26 Å². The number of hydrogen-bond donors (Lipinski definition) is 0. The Morgan fingerprint density at radius 2 is 2.31 bits per heavy atom. The van der Waals surface area contributed by atoms with Crippen LogP contribution in [0.5, 0.6) is 0 Å². The minimum absolute atomic E-state index is 0.237. The van der Waals surface area contributed by atoms with Crippen LogP contribution < -0.4 is 0 Å². The van der Waals surface area contributed by atoms with Gasteiger partial charge in [0.05, 0.1) is 11.6 Å². The first kappa shape index (κ1) is 9.59. The van der Waals surface area contributed by atoms with Gasteiger partial charge in [0.1, 0.15) is 5.78 Å².